The summed E-state index contributed by atoms with van der Waals surface area (Å²) in [7, 11) is 0. The molecule has 106 valence electrons. The number of thiazole rings is 1. The maximum atomic E-state index is 6.01. The van der Waals surface area contributed by atoms with Crippen molar-refractivity contribution < 1.29 is 4.74 Å². The Kier molecular flexibility index (Phi) is 3.30. The van der Waals surface area contributed by atoms with Crippen LogP contribution in [0.2, 0.25) is 0 Å². The molecule has 1 aliphatic rings. The molecule has 0 bridgehead atoms. The first-order chi connectivity index (χ1) is 9.54. The third-order valence-electron chi connectivity index (χ3n) is 3.58. The van der Waals surface area contributed by atoms with Crippen molar-refractivity contribution in [3.63, 3.8) is 0 Å². The minimum atomic E-state index is 0.227. The van der Waals surface area contributed by atoms with Crippen LogP contribution in [0.1, 0.15) is 18.7 Å². The minimum absolute atomic E-state index is 0.227. The highest BCUT2D eigenvalue weighted by molar-refractivity contribution is 7.15. The molecule has 0 aliphatic carbocycles. The molecule has 1 aromatic heterocycles. The van der Waals surface area contributed by atoms with Crippen molar-refractivity contribution in [2.75, 3.05) is 17.6 Å². The number of hydrogen-bond acceptors (Lipinski definition) is 5. The van der Waals surface area contributed by atoms with Crippen molar-refractivity contribution in [1.29, 1.82) is 0 Å². The van der Waals surface area contributed by atoms with Crippen molar-refractivity contribution in [2.45, 2.75) is 26.9 Å². The number of fused-ring (bicyclic) bond motifs is 1. The molecule has 0 saturated carbocycles. The molecular weight excluding hydrogens is 270 g/mol. The Morgan fingerprint density at radius 3 is 2.90 bits per heavy atom. The average Bonchev–Trinajstić information content (AvgIpc) is 2.76. The average molecular weight is 289 g/mol. The highest BCUT2D eigenvalue weighted by Gasteiger charge is 2.22. The fourth-order valence-corrected chi connectivity index (χ4v) is 3.10. The smallest absolute Gasteiger partial charge is 0.180 e. The summed E-state index contributed by atoms with van der Waals surface area (Å²) in [5.41, 5.74) is 8.84. The van der Waals surface area contributed by atoms with Crippen LogP contribution in [0.15, 0.2) is 18.2 Å². The van der Waals surface area contributed by atoms with Gasteiger partial charge in [0.25, 0.3) is 0 Å². The first-order valence-corrected chi connectivity index (χ1v) is 7.64. The summed E-state index contributed by atoms with van der Waals surface area (Å²) in [6.45, 7) is 7.23. The van der Waals surface area contributed by atoms with E-state index in [9.17, 15) is 0 Å². The summed E-state index contributed by atoms with van der Waals surface area (Å²) in [4.78, 5) is 5.54. The first kappa shape index (κ1) is 13.2. The number of aryl methyl sites for hydroxylation is 1. The zero-order valence-corrected chi connectivity index (χ0v) is 12.8. The number of hydrogen-bond donors (Lipinski definition) is 2. The van der Waals surface area contributed by atoms with Gasteiger partial charge in [0.15, 0.2) is 5.13 Å². The van der Waals surface area contributed by atoms with Crippen LogP contribution in [0.4, 0.5) is 10.8 Å². The van der Waals surface area contributed by atoms with Gasteiger partial charge < -0.3 is 15.8 Å². The van der Waals surface area contributed by atoms with Gasteiger partial charge in [-0.3, -0.25) is 0 Å². The second-order valence-electron chi connectivity index (χ2n) is 5.45. The lowest BCUT2D eigenvalue weighted by molar-refractivity contribution is 0.156. The molecule has 1 unspecified atom stereocenters. The first-order valence-electron chi connectivity index (χ1n) is 6.82. The Labute approximate surface area is 123 Å². The van der Waals surface area contributed by atoms with Gasteiger partial charge in [0.2, 0.25) is 0 Å². The van der Waals surface area contributed by atoms with E-state index in [1.54, 1.807) is 0 Å². The molecule has 0 fully saturated rings. The second-order valence-corrected chi connectivity index (χ2v) is 6.68. The maximum Gasteiger partial charge on any atom is 0.180 e. The fourth-order valence-electron chi connectivity index (χ4n) is 2.39. The zero-order valence-electron chi connectivity index (χ0n) is 11.9. The molecule has 0 radical (unpaired) electrons. The van der Waals surface area contributed by atoms with Gasteiger partial charge in [-0.1, -0.05) is 13.8 Å². The number of nitrogens with zero attached hydrogens (tertiary/aromatic N) is 1. The molecule has 0 amide bonds. The van der Waals surface area contributed by atoms with Crippen LogP contribution in [0.5, 0.6) is 5.75 Å². The molecule has 1 aliphatic heterocycles. The van der Waals surface area contributed by atoms with Gasteiger partial charge in [-0.25, -0.2) is 4.98 Å². The minimum Gasteiger partial charge on any atom is -0.486 e. The molecule has 20 heavy (non-hydrogen) atoms. The van der Waals surface area contributed by atoms with Crippen molar-refractivity contribution >= 4 is 22.2 Å². The van der Waals surface area contributed by atoms with Crippen LogP contribution in [0, 0.1) is 12.8 Å². The van der Waals surface area contributed by atoms with Gasteiger partial charge in [0.05, 0.1) is 17.9 Å². The van der Waals surface area contributed by atoms with E-state index in [0.29, 0.717) is 11.0 Å². The monoisotopic (exact) mass is 289 g/mol. The lowest BCUT2D eigenvalue weighted by Crippen LogP contribution is -2.34. The molecule has 0 spiro atoms. The van der Waals surface area contributed by atoms with Crippen LogP contribution < -0.4 is 15.8 Å². The van der Waals surface area contributed by atoms with E-state index in [4.69, 9.17) is 10.5 Å². The van der Waals surface area contributed by atoms with E-state index < -0.39 is 0 Å². The number of nitrogens with one attached hydrogen (secondary N) is 1. The van der Waals surface area contributed by atoms with E-state index in [1.165, 1.54) is 11.3 Å². The van der Waals surface area contributed by atoms with E-state index in [2.05, 4.69) is 30.2 Å². The zero-order chi connectivity index (χ0) is 14.3. The summed E-state index contributed by atoms with van der Waals surface area (Å²) in [6, 6.07) is 6.15. The maximum absolute atomic E-state index is 6.01. The highest BCUT2D eigenvalue weighted by atomic mass is 32.1. The molecule has 4 nitrogen and oxygen atoms in total. The van der Waals surface area contributed by atoms with Gasteiger partial charge in [0, 0.05) is 10.4 Å². The SMILES string of the molecule is Cc1sc(N)nc1-c1ccc2c(c1)NCC(C(C)C)O2. The van der Waals surface area contributed by atoms with Crippen LogP contribution in [0.25, 0.3) is 11.3 Å². The molecule has 3 N–H and O–H groups in total. The third-order valence-corrected chi connectivity index (χ3v) is 4.38. The molecule has 5 heteroatoms. The van der Waals surface area contributed by atoms with Gasteiger partial charge in [-0.05, 0) is 31.0 Å². The number of nitrogen functional groups attached to an aromatic ring is 1. The number of benzene rings is 1. The largest absolute Gasteiger partial charge is 0.486 e. The third kappa shape index (κ3) is 2.33. The lowest BCUT2D eigenvalue weighted by atomic mass is 10.0. The number of rotatable bonds is 2. The van der Waals surface area contributed by atoms with Crippen molar-refractivity contribution in [1.82, 2.24) is 4.98 Å². The van der Waals surface area contributed by atoms with Gasteiger partial charge in [-0.2, -0.15) is 0 Å². The molecule has 1 aromatic carbocycles. The summed E-state index contributed by atoms with van der Waals surface area (Å²) in [5, 5.41) is 4.06. The van der Waals surface area contributed by atoms with Crippen LogP contribution in [-0.2, 0) is 0 Å². The molecule has 3 rings (SSSR count). The van der Waals surface area contributed by atoms with E-state index in [0.717, 1.165) is 34.1 Å². The Bertz CT molecular complexity index is 636. The predicted octanol–water partition coefficient (Wildman–Crippen LogP) is 3.53. The van der Waals surface area contributed by atoms with Gasteiger partial charge >= 0.3 is 0 Å². The van der Waals surface area contributed by atoms with Crippen LogP contribution >= 0.6 is 11.3 Å². The van der Waals surface area contributed by atoms with Gasteiger partial charge in [0.1, 0.15) is 11.9 Å². The number of anilines is 2. The topological polar surface area (TPSA) is 60.2 Å². The quantitative estimate of drug-likeness (QED) is 0.888. The molecule has 1 atom stereocenters. The number of ether oxygens (including phenoxy) is 1. The Morgan fingerprint density at radius 1 is 1.45 bits per heavy atom. The Hall–Kier alpha value is -1.75. The molecular formula is C15H19N3OS. The fraction of sp³-hybridized carbons (Fsp3) is 0.400. The van der Waals surface area contributed by atoms with Crippen molar-refractivity contribution in [3.05, 3.63) is 23.1 Å². The second kappa shape index (κ2) is 4.98. The van der Waals surface area contributed by atoms with Gasteiger partial charge in [-0.15, -0.1) is 11.3 Å². The predicted molar refractivity (Wildman–Crippen MR) is 84.4 cm³/mol. The van der Waals surface area contributed by atoms with E-state index >= 15 is 0 Å². The summed E-state index contributed by atoms with van der Waals surface area (Å²) >= 11 is 1.52. The van der Waals surface area contributed by atoms with E-state index in [1.807, 2.05) is 19.1 Å². The lowest BCUT2D eigenvalue weighted by Gasteiger charge is -2.30. The molecule has 0 saturated heterocycles. The normalized spacial score (nSPS) is 17.5. The number of aromatic nitrogens is 1. The Morgan fingerprint density at radius 2 is 2.25 bits per heavy atom. The summed E-state index contributed by atoms with van der Waals surface area (Å²) < 4.78 is 6.01. The van der Waals surface area contributed by atoms with Crippen LogP contribution in [0.3, 0.4) is 0 Å². The summed E-state index contributed by atoms with van der Waals surface area (Å²) in [5.74, 6) is 1.41. The number of nitrogens with two attached hydrogens (primary N) is 1. The molecule has 2 aromatic rings. The van der Waals surface area contributed by atoms with Crippen LogP contribution in [-0.4, -0.2) is 17.6 Å². The Balaban J connectivity index is 1.93. The standard InChI is InChI=1S/C15H19N3OS/c1-8(2)13-7-17-11-6-10(4-5-12(11)19-13)14-9(3)20-15(16)18-14/h4-6,8,13,17H,7H2,1-3H3,(H2,16,18). The molecule has 2 heterocycles. The summed E-state index contributed by atoms with van der Waals surface area (Å²) in [6.07, 6.45) is 0.227. The van der Waals surface area contributed by atoms with Crippen molar-refractivity contribution in [2.24, 2.45) is 5.92 Å². The highest BCUT2D eigenvalue weighted by Crippen LogP contribution is 2.36. The van der Waals surface area contributed by atoms with Crippen molar-refractivity contribution in [3.8, 4) is 17.0 Å². The van der Waals surface area contributed by atoms with E-state index in [-0.39, 0.29) is 6.10 Å².